The van der Waals surface area contributed by atoms with Crippen LogP contribution in [0.5, 0.6) is 0 Å². The molecule has 0 aliphatic rings. The quantitative estimate of drug-likeness (QED) is 0.782. The predicted molar refractivity (Wildman–Crippen MR) is 63.8 cm³/mol. The van der Waals surface area contributed by atoms with Gasteiger partial charge in [0.25, 0.3) is 5.91 Å². The molecule has 0 atom stereocenters. The summed E-state index contributed by atoms with van der Waals surface area (Å²) in [6, 6.07) is 5.30. The minimum atomic E-state index is -0.181. The summed E-state index contributed by atoms with van der Waals surface area (Å²) in [5.41, 5.74) is 1.20. The topological polar surface area (TPSA) is 62.7 Å². The number of nitrogens with zero attached hydrogens (tertiary/aromatic N) is 2. The molecule has 17 heavy (non-hydrogen) atoms. The second kappa shape index (κ2) is 6.98. The highest BCUT2D eigenvalue weighted by molar-refractivity contribution is 5.92. The van der Waals surface area contributed by atoms with E-state index in [9.17, 15) is 4.79 Å². The third-order valence-corrected chi connectivity index (χ3v) is 2.33. The van der Waals surface area contributed by atoms with Crippen LogP contribution < -0.4 is 0 Å². The summed E-state index contributed by atoms with van der Waals surface area (Å²) in [5.74, 6) is -0.181. The van der Waals surface area contributed by atoms with Crippen LogP contribution in [-0.4, -0.2) is 54.3 Å². The number of carbonyl (C=O) groups excluding carboxylic acids is 1. The van der Waals surface area contributed by atoms with Crippen LogP contribution in [0.1, 0.15) is 16.2 Å². The van der Waals surface area contributed by atoms with E-state index in [4.69, 9.17) is 9.84 Å². The van der Waals surface area contributed by atoms with E-state index in [1.165, 1.54) is 4.90 Å². The SMILES string of the molecule is COCCN(CCO)C(=O)c1cccc(C)n1. The van der Waals surface area contributed by atoms with E-state index in [1.54, 1.807) is 19.2 Å². The van der Waals surface area contributed by atoms with E-state index in [0.29, 0.717) is 18.8 Å². The fourth-order valence-electron chi connectivity index (χ4n) is 1.46. The van der Waals surface area contributed by atoms with E-state index >= 15 is 0 Å². The first-order valence-electron chi connectivity index (χ1n) is 5.51. The first-order chi connectivity index (χ1) is 8.19. The van der Waals surface area contributed by atoms with Crippen molar-refractivity contribution in [1.29, 1.82) is 0 Å². The maximum absolute atomic E-state index is 12.1. The van der Waals surface area contributed by atoms with Gasteiger partial charge in [-0.15, -0.1) is 0 Å². The van der Waals surface area contributed by atoms with Crippen LogP contribution in [0.15, 0.2) is 18.2 Å². The number of ether oxygens (including phenoxy) is 1. The summed E-state index contributed by atoms with van der Waals surface area (Å²) in [6.45, 7) is 2.95. The van der Waals surface area contributed by atoms with Crippen molar-refractivity contribution in [3.8, 4) is 0 Å². The monoisotopic (exact) mass is 238 g/mol. The smallest absolute Gasteiger partial charge is 0.272 e. The Bertz CT molecular complexity index is 369. The molecule has 0 bridgehead atoms. The van der Waals surface area contributed by atoms with Crippen molar-refractivity contribution in [3.63, 3.8) is 0 Å². The molecule has 0 fully saturated rings. The van der Waals surface area contributed by atoms with Crippen LogP contribution in [-0.2, 0) is 4.74 Å². The molecule has 1 N–H and O–H groups in total. The van der Waals surface area contributed by atoms with Crippen LogP contribution in [0.4, 0.5) is 0 Å². The molecule has 1 aromatic heterocycles. The zero-order valence-corrected chi connectivity index (χ0v) is 10.2. The first kappa shape index (κ1) is 13.6. The Morgan fingerprint density at radius 3 is 2.82 bits per heavy atom. The molecule has 0 saturated heterocycles. The van der Waals surface area contributed by atoms with Gasteiger partial charge in [0, 0.05) is 25.9 Å². The fourth-order valence-corrected chi connectivity index (χ4v) is 1.46. The summed E-state index contributed by atoms with van der Waals surface area (Å²) < 4.78 is 4.93. The van der Waals surface area contributed by atoms with Gasteiger partial charge in [0.2, 0.25) is 0 Å². The lowest BCUT2D eigenvalue weighted by Gasteiger charge is -2.20. The van der Waals surface area contributed by atoms with Gasteiger partial charge in [0.1, 0.15) is 5.69 Å². The Kier molecular flexibility index (Phi) is 5.59. The number of aliphatic hydroxyl groups excluding tert-OH is 1. The number of pyridine rings is 1. The molecule has 94 valence electrons. The van der Waals surface area contributed by atoms with E-state index < -0.39 is 0 Å². The molecule has 1 aromatic rings. The Balaban J connectivity index is 2.76. The largest absolute Gasteiger partial charge is 0.395 e. The van der Waals surface area contributed by atoms with E-state index in [0.717, 1.165) is 5.69 Å². The number of hydrogen-bond acceptors (Lipinski definition) is 4. The summed E-state index contributed by atoms with van der Waals surface area (Å²) in [5, 5.41) is 8.93. The molecular weight excluding hydrogens is 220 g/mol. The maximum atomic E-state index is 12.1. The molecule has 0 aromatic carbocycles. The van der Waals surface area contributed by atoms with Gasteiger partial charge in [-0.1, -0.05) is 6.07 Å². The van der Waals surface area contributed by atoms with Crippen LogP contribution >= 0.6 is 0 Å². The molecular formula is C12H18N2O3. The highest BCUT2D eigenvalue weighted by Gasteiger charge is 2.16. The summed E-state index contributed by atoms with van der Waals surface area (Å²) in [4.78, 5) is 17.8. The average Bonchev–Trinajstić information content (AvgIpc) is 2.33. The van der Waals surface area contributed by atoms with Crippen LogP contribution in [0.2, 0.25) is 0 Å². The number of rotatable bonds is 6. The molecule has 1 amide bonds. The molecule has 1 rings (SSSR count). The Morgan fingerprint density at radius 1 is 1.47 bits per heavy atom. The molecule has 1 heterocycles. The molecule has 0 aliphatic heterocycles. The van der Waals surface area contributed by atoms with Crippen molar-refractivity contribution in [2.45, 2.75) is 6.92 Å². The summed E-state index contributed by atoms with van der Waals surface area (Å²) in [6.07, 6.45) is 0. The highest BCUT2D eigenvalue weighted by atomic mass is 16.5. The van der Waals surface area contributed by atoms with E-state index in [-0.39, 0.29) is 19.1 Å². The lowest BCUT2D eigenvalue weighted by atomic mass is 10.3. The lowest BCUT2D eigenvalue weighted by Crippen LogP contribution is -2.36. The molecule has 5 heteroatoms. The van der Waals surface area contributed by atoms with Crippen LogP contribution in [0.25, 0.3) is 0 Å². The van der Waals surface area contributed by atoms with Gasteiger partial charge < -0.3 is 14.7 Å². The van der Waals surface area contributed by atoms with Gasteiger partial charge in [-0.2, -0.15) is 0 Å². The van der Waals surface area contributed by atoms with Gasteiger partial charge in [0.05, 0.1) is 13.2 Å². The van der Waals surface area contributed by atoms with Crippen molar-refractivity contribution in [2.75, 3.05) is 33.4 Å². The molecule has 0 unspecified atom stereocenters. The number of hydrogen-bond donors (Lipinski definition) is 1. The molecule has 5 nitrogen and oxygen atoms in total. The van der Waals surface area contributed by atoms with Gasteiger partial charge in [-0.3, -0.25) is 4.79 Å². The third kappa shape index (κ3) is 4.13. The third-order valence-electron chi connectivity index (χ3n) is 2.33. The minimum absolute atomic E-state index is 0.0682. The lowest BCUT2D eigenvalue weighted by molar-refractivity contribution is 0.0650. The first-order valence-corrected chi connectivity index (χ1v) is 5.51. The van der Waals surface area contributed by atoms with E-state index in [1.807, 2.05) is 13.0 Å². The van der Waals surface area contributed by atoms with Crippen molar-refractivity contribution < 1.29 is 14.6 Å². The number of methoxy groups -OCH3 is 1. The summed E-state index contributed by atoms with van der Waals surface area (Å²) in [7, 11) is 1.58. The Hall–Kier alpha value is -1.46. The fraction of sp³-hybridized carbons (Fsp3) is 0.500. The van der Waals surface area contributed by atoms with Gasteiger partial charge in [-0.25, -0.2) is 4.98 Å². The Labute approximate surface area is 101 Å². The van der Waals surface area contributed by atoms with Crippen LogP contribution in [0, 0.1) is 6.92 Å². The second-order valence-corrected chi connectivity index (χ2v) is 3.67. The van der Waals surface area contributed by atoms with Crippen molar-refractivity contribution >= 4 is 5.91 Å². The number of aryl methyl sites for hydroxylation is 1. The number of amides is 1. The number of aliphatic hydroxyl groups is 1. The zero-order chi connectivity index (χ0) is 12.7. The maximum Gasteiger partial charge on any atom is 0.272 e. The second-order valence-electron chi connectivity index (χ2n) is 3.67. The van der Waals surface area contributed by atoms with E-state index in [2.05, 4.69) is 4.98 Å². The van der Waals surface area contributed by atoms with Crippen molar-refractivity contribution in [1.82, 2.24) is 9.88 Å². The van der Waals surface area contributed by atoms with Crippen molar-refractivity contribution in [3.05, 3.63) is 29.6 Å². The molecule has 0 saturated carbocycles. The van der Waals surface area contributed by atoms with Crippen molar-refractivity contribution in [2.24, 2.45) is 0 Å². The van der Waals surface area contributed by atoms with Gasteiger partial charge >= 0.3 is 0 Å². The average molecular weight is 238 g/mol. The summed E-state index contributed by atoms with van der Waals surface area (Å²) >= 11 is 0. The Morgan fingerprint density at radius 2 is 2.24 bits per heavy atom. The van der Waals surface area contributed by atoms with Gasteiger partial charge in [0.15, 0.2) is 0 Å². The zero-order valence-electron chi connectivity index (χ0n) is 10.2. The number of aromatic nitrogens is 1. The van der Waals surface area contributed by atoms with Gasteiger partial charge in [-0.05, 0) is 19.1 Å². The predicted octanol–water partition coefficient (Wildman–Crippen LogP) is 0.471. The minimum Gasteiger partial charge on any atom is -0.395 e. The normalized spacial score (nSPS) is 10.3. The standard InChI is InChI=1S/C12H18N2O3/c1-10-4-3-5-11(13-10)12(16)14(6-8-15)7-9-17-2/h3-5,15H,6-9H2,1-2H3. The molecule has 0 radical (unpaired) electrons. The molecule has 0 aliphatic carbocycles. The molecule has 0 spiro atoms. The number of carbonyl (C=O) groups is 1. The van der Waals surface area contributed by atoms with Crippen LogP contribution in [0.3, 0.4) is 0 Å². The highest BCUT2D eigenvalue weighted by Crippen LogP contribution is 2.03.